The van der Waals surface area contributed by atoms with Crippen molar-refractivity contribution in [3.63, 3.8) is 0 Å². The van der Waals surface area contributed by atoms with Crippen LogP contribution in [0.1, 0.15) is 17.8 Å². The van der Waals surface area contributed by atoms with Gasteiger partial charge in [-0.2, -0.15) is 5.26 Å². The van der Waals surface area contributed by atoms with Gasteiger partial charge in [0, 0.05) is 12.1 Å². The molecule has 4 heterocycles. The van der Waals surface area contributed by atoms with Crippen molar-refractivity contribution in [2.75, 3.05) is 6.61 Å². The van der Waals surface area contributed by atoms with Gasteiger partial charge in [-0.15, -0.1) is 0 Å². The van der Waals surface area contributed by atoms with Crippen LogP contribution >= 0.6 is 0 Å². The van der Waals surface area contributed by atoms with E-state index in [1.165, 1.54) is 0 Å². The molecule has 2 fully saturated rings. The van der Waals surface area contributed by atoms with Crippen LogP contribution in [0.4, 0.5) is 4.79 Å². The van der Waals surface area contributed by atoms with Crippen LogP contribution in [0.15, 0.2) is 12.1 Å². The molecule has 7 nitrogen and oxygen atoms in total. The van der Waals surface area contributed by atoms with Crippen LogP contribution in [-0.4, -0.2) is 35.3 Å². The minimum atomic E-state index is -0.854. The predicted molar refractivity (Wildman–Crippen MR) is 62.4 cm³/mol. The van der Waals surface area contributed by atoms with E-state index in [0.29, 0.717) is 25.3 Å². The summed E-state index contributed by atoms with van der Waals surface area (Å²) in [6.45, 7) is 1.03. The normalized spacial score (nSPS) is 34.9. The molecular weight excluding hydrogens is 264 g/mol. The molecule has 0 radical (unpaired) electrons. The van der Waals surface area contributed by atoms with E-state index < -0.39 is 11.9 Å². The fourth-order valence-electron chi connectivity index (χ4n) is 2.96. The standard InChI is InChI=1S/C13H12N2O5/c14-4-8-1-2-9-5-17-13(7-15(8)9)3-10-11(6-18-13)20-12(16)19-10/h1-2,10-11H,3,5-7H2/t10-,11+,13-/m0/s1. The van der Waals surface area contributed by atoms with Gasteiger partial charge in [-0.1, -0.05) is 0 Å². The highest BCUT2D eigenvalue weighted by molar-refractivity contribution is 5.62. The van der Waals surface area contributed by atoms with Crippen molar-refractivity contribution in [3.8, 4) is 6.07 Å². The highest BCUT2D eigenvalue weighted by Crippen LogP contribution is 2.37. The smallest absolute Gasteiger partial charge is 0.427 e. The summed E-state index contributed by atoms with van der Waals surface area (Å²) in [5, 5.41) is 9.11. The molecule has 104 valence electrons. The second-order valence-corrected chi connectivity index (χ2v) is 5.18. The Balaban J connectivity index is 1.61. The lowest BCUT2D eigenvalue weighted by atomic mass is 9.99. The maximum Gasteiger partial charge on any atom is 0.509 e. The van der Waals surface area contributed by atoms with E-state index in [-0.39, 0.29) is 18.8 Å². The van der Waals surface area contributed by atoms with Crippen LogP contribution in [0.25, 0.3) is 0 Å². The summed E-state index contributed by atoms with van der Waals surface area (Å²) < 4.78 is 23.6. The Labute approximate surface area is 114 Å². The Hall–Kier alpha value is -2.04. The predicted octanol–water partition coefficient (Wildman–Crippen LogP) is 0.911. The Morgan fingerprint density at radius 1 is 1.30 bits per heavy atom. The molecular formula is C13H12N2O5. The van der Waals surface area contributed by atoms with E-state index in [1.807, 2.05) is 10.6 Å². The minimum Gasteiger partial charge on any atom is -0.427 e. The fourth-order valence-corrected chi connectivity index (χ4v) is 2.96. The monoisotopic (exact) mass is 276 g/mol. The van der Waals surface area contributed by atoms with E-state index >= 15 is 0 Å². The van der Waals surface area contributed by atoms with Gasteiger partial charge in [-0.3, -0.25) is 0 Å². The first kappa shape index (κ1) is 11.8. The highest BCUT2D eigenvalue weighted by atomic mass is 16.8. The first-order valence-corrected chi connectivity index (χ1v) is 6.43. The number of fused-ring (bicyclic) bond motifs is 2. The Kier molecular flexibility index (Phi) is 2.34. The number of carbonyl (C=O) groups is 1. The van der Waals surface area contributed by atoms with Gasteiger partial charge < -0.3 is 23.5 Å². The van der Waals surface area contributed by atoms with Crippen molar-refractivity contribution in [3.05, 3.63) is 23.5 Å². The molecule has 3 aliphatic rings. The van der Waals surface area contributed by atoms with Gasteiger partial charge in [-0.25, -0.2) is 4.79 Å². The van der Waals surface area contributed by atoms with Gasteiger partial charge in [0.2, 0.25) is 0 Å². The second-order valence-electron chi connectivity index (χ2n) is 5.18. The average molecular weight is 276 g/mol. The maximum absolute atomic E-state index is 11.1. The van der Waals surface area contributed by atoms with Gasteiger partial charge in [-0.05, 0) is 12.1 Å². The first-order chi connectivity index (χ1) is 9.69. The van der Waals surface area contributed by atoms with Crippen LogP contribution in [-0.2, 0) is 32.1 Å². The number of rotatable bonds is 0. The van der Waals surface area contributed by atoms with E-state index in [1.54, 1.807) is 6.07 Å². The molecule has 3 atom stereocenters. The van der Waals surface area contributed by atoms with Crippen LogP contribution in [0.3, 0.4) is 0 Å². The second kappa shape index (κ2) is 3.98. The minimum absolute atomic E-state index is 0.245. The van der Waals surface area contributed by atoms with Crippen LogP contribution in [0.5, 0.6) is 0 Å². The van der Waals surface area contributed by atoms with E-state index in [4.69, 9.17) is 24.2 Å². The summed E-state index contributed by atoms with van der Waals surface area (Å²) in [4.78, 5) is 11.1. The van der Waals surface area contributed by atoms with Gasteiger partial charge >= 0.3 is 6.16 Å². The number of ether oxygens (including phenoxy) is 4. The zero-order valence-corrected chi connectivity index (χ0v) is 10.6. The molecule has 1 aromatic heterocycles. The molecule has 0 aliphatic carbocycles. The fraction of sp³-hybridized carbons (Fsp3) is 0.538. The molecule has 0 unspecified atom stereocenters. The number of nitrogens with zero attached hydrogens (tertiary/aromatic N) is 2. The summed E-state index contributed by atoms with van der Waals surface area (Å²) in [6.07, 6.45) is -0.959. The maximum atomic E-state index is 11.1. The average Bonchev–Trinajstić information content (AvgIpc) is 3.00. The summed E-state index contributed by atoms with van der Waals surface area (Å²) in [7, 11) is 0. The van der Waals surface area contributed by atoms with E-state index in [2.05, 4.69) is 6.07 Å². The van der Waals surface area contributed by atoms with E-state index in [0.717, 1.165) is 5.69 Å². The zero-order chi connectivity index (χ0) is 13.7. The molecule has 0 saturated carbocycles. The van der Waals surface area contributed by atoms with Crippen molar-refractivity contribution in [2.24, 2.45) is 0 Å². The first-order valence-electron chi connectivity index (χ1n) is 6.43. The topological polar surface area (TPSA) is 82.7 Å². The third kappa shape index (κ3) is 1.62. The molecule has 20 heavy (non-hydrogen) atoms. The zero-order valence-electron chi connectivity index (χ0n) is 10.6. The third-order valence-corrected chi connectivity index (χ3v) is 4.00. The molecule has 0 amide bonds. The van der Waals surface area contributed by atoms with Crippen molar-refractivity contribution >= 4 is 6.16 Å². The molecule has 0 N–H and O–H groups in total. The molecule has 1 spiro atoms. The number of nitriles is 1. The molecule has 4 rings (SSSR count). The van der Waals surface area contributed by atoms with Crippen molar-refractivity contribution in [2.45, 2.75) is 37.6 Å². The summed E-state index contributed by atoms with van der Waals surface area (Å²) in [5.74, 6) is -0.854. The number of carbonyl (C=O) groups excluding carboxylic acids is 1. The summed E-state index contributed by atoms with van der Waals surface area (Å²) in [5.41, 5.74) is 1.52. The summed E-state index contributed by atoms with van der Waals surface area (Å²) in [6, 6.07) is 5.79. The lowest BCUT2D eigenvalue weighted by molar-refractivity contribution is -0.299. The molecule has 7 heteroatoms. The summed E-state index contributed by atoms with van der Waals surface area (Å²) >= 11 is 0. The number of hydrogen-bond acceptors (Lipinski definition) is 6. The van der Waals surface area contributed by atoms with Crippen LogP contribution < -0.4 is 0 Å². The SMILES string of the molecule is N#Cc1ccc2n1C[C@@]1(C[C@@H]3OC(=O)O[C@@H]3CO1)OC2. The van der Waals surface area contributed by atoms with Gasteiger partial charge in [0.05, 0.1) is 19.8 Å². The molecule has 0 bridgehead atoms. The third-order valence-electron chi connectivity index (χ3n) is 4.00. The lowest BCUT2D eigenvalue weighted by Gasteiger charge is -2.42. The van der Waals surface area contributed by atoms with E-state index in [9.17, 15) is 4.79 Å². The van der Waals surface area contributed by atoms with Crippen molar-refractivity contribution < 1.29 is 23.7 Å². The lowest BCUT2D eigenvalue weighted by Crippen LogP contribution is -2.53. The van der Waals surface area contributed by atoms with Crippen LogP contribution in [0.2, 0.25) is 0 Å². The highest BCUT2D eigenvalue weighted by Gasteiger charge is 2.51. The number of aromatic nitrogens is 1. The van der Waals surface area contributed by atoms with Crippen LogP contribution in [0, 0.1) is 11.3 Å². The Bertz CT molecular complexity index is 619. The molecule has 1 aromatic rings. The molecule has 2 saturated heterocycles. The number of hydrogen-bond donors (Lipinski definition) is 0. The molecule has 3 aliphatic heterocycles. The quantitative estimate of drug-likeness (QED) is 0.655. The van der Waals surface area contributed by atoms with Gasteiger partial charge in [0.25, 0.3) is 0 Å². The van der Waals surface area contributed by atoms with Crippen molar-refractivity contribution in [1.29, 1.82) is 5.26 Å². The van der Waals surface area contributed by atoms with Crippen molar-refractivity contribution in [1.82, 2.24) is 4.57 Å². The molecule has 0 aromatic carbocycles. The largest absolute Gasteiger partial charge is 0.509 e. The van der Waals surface area contributed by atoms with Gasteiger partial charge in [0.15, 0.2) is 11.9 Å². The Morgan fingerprint density at radius 3 is 3.00 bits per heavy atom. The Morgan fingerprint density at radius 2 is 2.15 bits per heavy atom. The van der Waals surface area contributed by atoms with Gasteiger partial charge in [0.1, 0.15) is 17.9 Å².